The number of rotatable bonds is 7. The molecule has 100 valence electrons. The third-order valence-electron chi connectivity index (χ3n) is 2.43. The molecule has 0 aliphatic carbocycles. The van der Waals surface area contributed by atoms with Gasteiger partial charge < -0.3 is 14.2 Å². The number of hydrogen-bond donors (Lipinski definition) is 0. The molecule has 0 aromatic heterocycles. The van der Waals surface area contributed by atoms with Crippen LogP contribution in [0.4, 0.5) is 4.79 Å². The zero-order valence-corrected chi connectivity index (χ0v) is 10.9. The Bertz CT molecular complexity index is 337. The Morgan fingerprint density at radius 3 is 2.44 bits per heavy atom. The van der Waals surface area contributed by atoms with E-state index in [0.717, 1.165) is 12.0 Å². The monoisotopic (exact) mass is 252 g/mol. The number of hydrogen-bond acceptors (Lipinski definition) is 4. The fourth-order valence-corrected chi connectivity index (χ4v) is 1.59. The van der Waals surface area contributed by atoms with Gasteiger partial charge in [0.05, 0.1) is 19.3 Å². The van der Waals surface area contributed by atoms with E-state index in [0.29, 0.717) is 13.2 Å². The van der Waals surface area contributed by atoms with E-state index in [4.69, 9.17) is 9.47 Å². The SMILES string of the molecule is CCOC(=O)OCCOC(CC)c1ccccc1. The highest BCUT2D eigenvalue weighted by Gasteiger charge is 2.09. The van der Waals surface area contributed by atoms with E-state index >= 15 is 0 Å². The zero-order valence-electron chi connectivity index (χ0n) is 10.9. The Morgan fingerprint density at radius 2 is 1.83 bits per heavy atom. The van der Waals surface area contributed by atoms with Gasteiger partial charge in [-0.2, -0.15) is 0 Å². The summed E-state index contributed by atoms with van der Waals surface area (Å²) < 4.78 is 15.1. The van der Waals surface area contributed by atoms with Crippen LogP contribution in [0.5, 0.6) is 0 Å². The van der Waals surface area contributed by atoms with Gasteiger partial charge in [0.15, 0.2) is 0 Å². The van der Waals surface area contributed by atoms with Crippen LogP contribution >= 0.6 is 0 Å². The van der Waals surface area contributed by atoms with Gasteiger partial charge in [-0.25, -0.2) is 4.79 Å². The first kappa shape index (κ1) is 14.5. The van der Waals surface area contributed by atoms with Crippen LogP contribution in [0.1, 0.15) is 31.9 Å². The fraction of sp³-hybridized carbons (Fsp3) is 0.500. The van der Waals surface area contributed by atoms with Crippen molar-refractivity contribution in [2.45, 2.75) is 26.4 Å². The van der Waals surface area contributed by atoms with Crippen molar-refractivity contribution in [1.82, 2.24) is 0 Å². The summed E-state index contributed by atoms with van der Waals surface area (Å²) in [6.07, 6.45) is 0.273. The molecule has 0 heterocycles. The van der Waals surface area contributed by atoms with Crippen LogP contribution in [0.25, 0.3) is 0 Å². The van der Waals surface area contributed by atoms with Gasteiger partial charge in [0.2, 0.25) is 0 Å². The topological polar surface area (TPSA) is 44.8 Å². The third-order valence-corrected chi connectivity index (χ3v) is 2.43. The van der Waals surface area contributed by atoms with Crippen LogP contribution in [0.15, 0.2) is 30.3 Å². The predicted molar refractivity (Wildman–Crippen MR) is 68.4 cm³/mol. The van der Waals surface area contributed by atoms with Gasteiger partial charge in [-0.1, -0.05) is 37.3 Å². The van der Waals surface area contributed by atoms with E-state index in [1.165, 1.54) is 0 Å². The van der Waals surface area contributed by atoms with Gasteiger partial charge in [-0.05, 0) is 18.9 Å². The molecule has 0 saturated carbocycles. The molecule has 1 atom stereocenters. The van der Waals surface area contributed by atoms with Crippen molar-refractivity contribution in [1.29, 1.82) is 0 Å². The van der Waals surface area contributed by atoms with Crippen LogP contribution in [-0.4, -0.2) is 26.0 Å². The maximum Gasteiger partial charge on any atom is 0.508 e. The van der Waals surface area contributed by atoms with Gasteiger partial charge in [0.25, 0.3) is 0 Å². The minimum atomic E-state index is -0.645. The largest absolute Gasteiger partial charge is 0.508 e. The molecule has 1 aromatic carbocycles. The lowest BCUT2D eigenvalue weighted by molar-refractivity contribution is -0.0000793. The van der Waals surface area contributed by atoms with E-state index < -0.39 is 6.16 Å². The summed E-state index contributed by atoms with van der Waals surface area (Å²) in [5.41, 5.74) is 1.14. The van der Waals surface area contributed by atoms with Crippen LogP contribution in [0, 0.1) is 0 Å². The Labute approximate surface area is 108 Å². The number of ether oxygens (including phenoxy) is 3. The molecule has 0 radical (unpaired) electrons. The molecule has 18 heavy (non-hydrogen) atoms. The quantitative estimate of drug-likeness (QED) is 0.551. The molecule has 1 aromatic rings. The molecular formula is C14H20O4. The predicted octanol–water partition coefficient (Wildman–Crippen LogP) is 3.33. The van der Waals surface area contributed by atoms with E-state index in [1.54, 1.807) is 6.92 Å². The van der Waals surface area contributed by atoms with Gasteiger partial charge in [-0.3, -0.25) is 0 Å². The standard InChI is InChI=1S/C14H20O4/c1-3-13(12-8-6-5-7-9-12)17-10-11-18-14(15)16-4-2/h5-9,13H,3-4,10-11H2,1-2H3. The van der Waals surface area contributed by atoms with E-state index in [9.17, 15) is 4.79 Å². The highest BCUT2D eigenvalue weighted by molar-refractivity contribution is 5.59. The second-order valence-electron chi connectivity index (χ2n) is 3.71. The summed E-state index contributed by atoms with van der Waals surface area (Å²) in [6, 6.07) is 9.99. The summed E-state index contributed by atoms with van der Waals surface area (Å²) in [6.45, 7) is 4.69. The van der Waals surface area contributed by atoms with Crippen molar-refractivity contribution in [3.8, 4) is 0 Å². The highest BCUT2D eigenvalue weighted by atomic mass is 16.7. The Hall–Kier alpha value is -1.55. The molecule has 0 aliphatic rings. The Morgan fingerprint density at radius 1 is 1.11 bits per heavy atom. The molecule has 4 nitrogen and oxygen atoms in total. The van der Waals surface area contributed by atoms with Crippen LogP contribution < -0.4 is 0 Å². The smallest absolute Gasteiger partial charge is 0.435 e. The summed E-state index contributed by atoms with van der Waals surface area (Å²) in [7, 11) is 0. The minimum absolute atomic E-state index is 0.0389. The van der Waals surface area contributed by atoms with Crippen molar-refractivity contribution >= 4 is 6.16 Å². The van der Waals surface area contributed by atoms with Gasteiger partial charge >= 0.3 is 6.16 Å². The lowest BCUT2D eigenvalue weighted by Crippen LogP contribution is -2.13. The van der Waals surface area contributed by atoms with Gasteiger partial charge in [-0.15, -0.1) is 0 Å². The van der Waals surface area contributed by atoms with Gasteiger partial charge in [0.1, 0.15) is 6.61 Å². The van der Waals surface area contributed by atoms with Crippen LogP contribution in [0.3, 0.4) is 0 Å². The fourth-order valence-electron chi connectivity index (χ4n) is 1.59. The van der Waals surface area contributed by atoms with E-state index in [-0.39, 0.29) is 12.7 Å². The summed E-state index contributed by atoms with van der Waals surface area (Å²) >= 11 is 0. The minimum Gasteiger partial charge on any atom is -0.435 e. The molecule has 0 aliphatic heterocycles. The normalized spacial score (nSPS) is 11.9. The lowest BCUT2D eigenvalue weighted by atomic mass is 10.1. The molecule has 4 heteroatoms. The van der Waals surface area contributed by atoms with Crippen molar-refractivity contribution in [3.63, 3.8) is 0 Å². The maximum atomic E-state index is 10.9. The second-order valence-corrected chi connectivity index (χ2v) is 3.71. The molecule has 0 fully saturated rings. The Kier molecular flexibility index (Phi) is 6.87. The van der Waals surface area contributed by atoms with E-state index in [2.05, 4.69) is 11.7 Å². The van der Waals surface area contributed by atoms with E-state index in [1.807, 2.05) is 30.3 Å². The summed E-state index contributed by atoms with van der Waals surface area (Å²) in [5.74, 6) is 0. The average Bonchev–Trinajstić information content (AvgIpc) is 2.40. The van der Waals surface area contributed by atoms with Crippen molar-refractivity contribution in [2.24, 2.45) is 0 Å². The highest BCUT2D eigenvalue weighted by Crippen LogP contribution is 2.20. The molecule has 1 rings (SSSR count). The van der Waals surface area contributed by atoms with Crippen LogP contribution in [0.2, 0.25) is 0 Å². The molecule has 0 amide bonds. The third kappa shape index (κ3) is 5.19. The first-order valence-corrected chi connectivity index (χ1v) is 6.24. The van der Waals surface area contributed by atoms with Crippen molar-refractivity contribution in [3.05, 3.63) is 35.9 Å². The molecule has 1 unspecified atom stereocenters. The van der Waals surface area contributed by atoms with Crippen molar-refractivity contribution in [2.75, 3.05) is 19.8 Å². The molecule has 0 saturated heterocycles. The first-order chi connectivity index (χ1) is 8.77. The number of carbonyl (C=O) groups excluding carboxylic acids is 1. The molecule has 0 N–H and O–H groups in total. The summed E-state index contributed by atoms with van der Waals surface area (Å²) in [4.78, 5) is 10.9. The number of carbonyl (C=O) groups is 1. The van der Waals surface area contributed by atoms with Gasteiger partial charge in [0, 0.05) is 0 Å². The average molecular weight is 252 g/mol. The van der Waals surface area contributed by atoms with Crippen molar-refractivity contribution < 1.29 is 19.0 Å². The lowest BCUT2D eigenvalue weighted by Gasteiger charge is -2.16. The zero-order chi connectivity index (χ0) is 13.2. The second kappa shape index (κ2) is 8.53. The molecular weight excluding hydrogens is 232 g/mol. The molecule has 0 spiro atoms. The van der Waals surface area contributed by atoms with Crippen LogP contribution in [-0.2, 0) is 14.2 Å². The first-order valence-electron chi connectivity index (χ1n) is 6.24. The number of benzene rings is 1. The summed E-state index contributed by atoms with van der Waals surface area (Å²) in [5, 5.41) is 0. The Balaban J connectivity index is 2.26. The molecule has 0 bridgehead atoms. The maximum absolute atomic E-state index is 10.9.